The van der Waals surface area contributed by atoms with Gasteiger partial charge >= 0.3 is 0 Å². The fourth-order valence-corrected chi connectivity index (χ4v) is 3.57. The quantitative estimate of drug-likeness (QED) is 0.944. The van der Waals surface area contributed by atoms with E-state index in [1.54, 1.807) is 6.07 Å². The first kappa shape index (κ1) is 15.4. The van der Waals surface area contributed by atoms with Crippen LogP contribution in [0, 0.1) is 5.82 Å². The smallest absolute Gasteiger partial charge is 0.125 e. The molecule has 2 heterocycles. The summed E-state index contributed by atoms with van der Waals surface area (Å²) in [4.78, 5) is 6.95. The molecule has 1 saturated heterocycles. The molecule has 5 heteroatoms. The van der Waals surface area contributed by atoms with Crippen molar-refractivity contribution in [2.45, 2.75) is 58.3 Å². The van der Waals surface area contributed by atoms with Crippen LogP contribution < -0.4 is 0 Å². The maximum Gasteiger partial charge on any atom is 0.125 e. The summed E-state index contributed by atoms with van der Waals surface area (Å²) >= 11 is 0. The van der Waals surface area contributed by atoms with Crippen LogP contribution in [0.2, 0.25) is 0 Å². The van der Waals surface area contributed by atoms with Gasteiger partial charge in [0.1, 0.15) is 11.6 Å². The van der Waals surface area contributed by atoms with Crippen LogP contribution in [0.4, 0.5) is 4.39 Å². The van der Waals surface area contributed by atoms with Crippen LogP contribution in [-0.2, 0) is 13.1 Å². The van der Waals surface area contributed by atoms with Crippen molar-refractivity contribution in [2.24, 2.45) is 0 Å². The first-order valence-electron chi connectivity index (χ1n) is 8.17. The number of aliphatic hydroxyl groups excluding tert-OH is 1. The molecule has 1 aliphatic rings. The monoisotopic (exact) mass is 305 g/mol. The molecule has 0 radical (unpaired) electrons. The number of piperidine rings is 1. The van der Waals surface area contributed by atoms with E-state index in [2.05, 4.69) is 21.4 Å². The molecule has 1 fully saturated rings. The van der Waals surface area contributed by atoms with E-state index in [9.17, 15) is 9.50 Å². The Hall–Kier alpha value is -1.46. The van der Waals surface area contributed by atoms with E-state index < -0.39 is 0 Å². The third-order valence-corrected chi connectivity index (χ3v) is 4.67. The van der Waals surface area contributed by atoms with E-state index in [0.717, 1.165) is 37.3 Å². The van der Waals surface area contributed by atoms with E-state index in [0.29, 0.717) is 12.1 Å². The van der Waals surface area contributed by atoms with E-state index in [1.807, 2.05) is 6.92 Å². The number of halogens is 1. The minimum atomic E-state index is -0.336. The number of fused-ring (bicyclic) bond motifs is 1. The highest BCUT2D eigenvalue weighted by Gasteiger charge is 2.27. The van der Waals surface area contributed by atoms with Crippen molar-refractivity contribution in [2.75, 3.05) is 6.54 Å². The molecule has 0 spiro atoms. The van der Waals surface area contributed by atoms with Crippen LogP contribution in [0.15, 0.2) is 18.2 Å². The maximum absolute atomic E-state index is 13.4. The van der Waals surface area contributed by atoms with Gasteiger partial charge in [-0.2, -0.15) is 0 Å². The summed E-state index contributed by atoms with van der Waals surface area (Å²) in [5, 5.41) is 10.0. The molecular formula is C17H24FN3O. The zero-order chi connectivity index (χ0) is 15.7. The molecular weight excluding hydrogens is 281 g/mol. The second-order valence-electron chi connectivity index (χ2n) is 6.18. The van der Waals surface area contributed by atoms with Crippen molar-refractivity contribution < 1.29 is 9.50 Å². The highest BCUT2D eigenvalue weighted by atomic mass is 19.1. The Balaban J connectivity index is 1.92. The van der Waals surface area contributed by atoms with Crippen molar-refractivity contribution in [3.8, 4) is 0 Å². The van der Waals surface area contributed by atoms with Crippen molar-refractivity contribution in [3.05, 3.63) is 29.8 Å². The number of likely N-dealkylation sites (tertiary alicyclic amines) is 1. The Bertz CT molecular complexity index is 653. The number of rotatable bonds is 4. The summed E-state index contributed by atoms with van der Waals surface area (Å²) in [6.45, 7) is 6.44. The Morgan fingerprint density at radius 3 is 2.95 bits per heavy atom. The normalized spacial score (nSPS) is 21.4. The predicted octanol–water partition coefficient (Wildman–Crippen LogP) is 2.93. The van der Waals surface area contributed by atoms with Gasteiger partial charge in [-0.25, -0.2) is 9.37 Å². The van der Waals surface area contributed by atoms with Crippen LogP contribution in [0.3, 0.4) is 0 Å². The maximum atomic E-state index is 13.4. The van der Waals surface area contributed by atoms with Gasteiger partial charge in [-0.05, 0) is 45.4 Å². The third-order valence-electron chi connectivity index (χ3n) is 4.67. The van der Waals surface area contributed by atoms with Gasteiger partial charge in [0, 0.05) is 18.7 Å². The number of aromatic nitrogens is 2. The van der Waals surface area contributed by atoms with Crippen molar-refractivity contribution in [1.82, 2.24) is 14.5 Å². The van der Waals surface area contributed by atoms with Gasteiger partial charge in [-0.15, -0.1) is 0 Å². The Kier molecular flexibility index (Phi) is 4.45. The van der Waals surface area contributed by atoms with Crippen molar-refractivity contribution >= 4 is 11.0 Å². The van der Waals surface area contributed by atoms with Gasteiger partial charge in [0.05, 0.1) is 23.7 Å². The summed E-state index contributed by atoms with van der Waals surface area (Å²) in [7, 11) is 0. The fourth-order valence-electron chi connectivity index (χ4n) is 3.57. The SMILES string of the molecule is CCn1c(CN2CCCCC2C(C)O)nc2cc(F)ccc21. The van der Waals surface area contributed by atoms with Gasteiger partial charge in [-0.1, -0.05) is 6.42 Å². The lowest BCUT2D eigenvalue weighted by molar-refractivity contribution is 0.0297. The standard InChI is InChI=1S/C17H24FN3O/c1-3-21-16-8-7-13(18)10-14(16)19-17(21)11-20-9-5-4-6-15(20)12(2)22/h7-8,10,12,15,22H,3-6,9,11H2,1-2H3. The Morgan fingerprint density at radius 1 is 1.41 bits per heavy atom. The zero-order valence-corrected chi connectivity index (χ0v) is 13.3. The van der Waals surface area contributed by atoms with Crippen molar-refractivity contribution in [1.29, 1.82) is 0 Å². The molecule has 1 aromatic heterocycles. The lowest BCUT2D eigenvalue weighted by Gasteiger charge is -2.37. The Morgan fingerprint density at radius 2 is 2.23 bits per heavy atom. The van der Waals surface area contributed by atoms with Gasteiger partial charge in [0.2, 0.25) is 0 Å². The molecule has 0 saturated carbocycles. The third kappa shape index (κ3) is 2.88. The van der Waals surface area contributed by atoms with Crippen LogP contribution in [-0.4, -0.2) is 38.2 Å². The number of aryl methyl sites for hydroxylation is 1. The summed E-state index contributed by atoms with van der Waals surface area (Å²) < 4.78 is 15.6. The number of hydrogen-bond donors (Lipinski definition) is 1. The average molecular weight is 305 g/mol. The first-order chi connectivity index (χ1) is 10.6. The molecule has 0 bridgehead atoms. The van der Waals surface area contributed by atoms with Crippen LogP contribution in [0.5, 0.6) is 0 Å². The molecule has 120 valence electrons. The number of nitrogens with zero attached hydrogens (tertiary/aromatic N) is 3. The van der Waals surface area contributed by atoms with Gasteiger partial charge in [-0.3, -0.25) is 4.90 Å². The van der Waals surface area contributed by atoms with E-state index in [-0.39, 0.29) is 18.0 Å². The molecule has 2 atom stereocenters. The molecule has 3 rings (SSSR count). The van der Waals surface area contributed by atoms with Crippen LogP contribution >= 0.6 is 0 Å². The molecule has 1 N–H and O–H groups in total. The van der Waals surface area contributed by atoms with E-state index in [4.69, 9.17) is 0 Å². The van der Waals surface area contributed by atoms with Crippen LogP contribution in [0.25, 0.3) is 11.0 Å². The number of aliphatic hydroxyl groups is 1. The lowest BCUT2D eigenvalue weighted by Crippen LogP contribution is -2.45. The predicted molar refractivity (Wildman–Crippen MR) is 85.1 cm³/mol. The number of imidazole rings is 1. The summed E-state index contributed by atoms with van der Waals surface area (Å²) in [5.74, 6) is 0.704. The second kappa shape index (κ2) is 6.34. The lowest BCUT2D eigenvalue weighted by atomic mass is 9.98. The number of hydrogen-bond acceptors (Lipinski definition) is 3. The molecule has 1 aromatic carbocycles. The van der Waals surface area contributed by atoms with E-state index in [1.165, 1.54) is 18.6 Å². The van der Waals surface area contributed by atoms with Gasteiger partial charge in [0.25, 0.3) is 0 Å². The van der Waals surface area contributed by atoms with Gasteiger partial charge < -0.3 is 9.67 Å². The molecule has 1 aliphatic heterocycles. The van der Waals surface area contributed by atoms with Gasteiger partial charge in [0.15, 0.2) is 0 Å². The second-order valence-corrected chi connectivity index (χ2v) is 6.18. The number of benzene rings is 1. The largest absolute Gasteiger partial charge is 0.392 e. The molecule has 0 amide bonds. The minimum absolute atomic E-state index is 0.190. The Labute approximate surface area is 130 Å². The average Bonchev–Trinajstić information content (AvgIpc) is 2.83. The zero-order valence-electron chi connectivity index (χ0n) is 13.3. The first-order valence-corrected chi connectivity index (χ1v) is 8.17. The van der Waals surface area contributed by atoms with Crippen LogP contribution in [0.1, 0.15) is 38.9 Å². The summed E-state index contributed by atoms with van der Waals surface area (Å²) in [6, 6.07) is 4.97. The summed E-state index contributed by atoms with van der Waals surface area (Å²) in [5.41, 5.74) is 1.69. The van der Waals surface area contributed by atoms with Crippen molar-refractivity contribution in [3.63, 3.8) is 0 Å². The molecule has 2 aromatic rings. The minimum Gasteiger partial charge on any atom is -0.392 e. The molecule has 0 aliphatic carbocycles. The summed E-state index contributed by atoms with van der Waals surface area (Å²) in [6.07, 6.45) is 3.02. The van der Waals surface area contributed by atoms with E-state index >= 15 is 0 Å². The highest BCUT2D eigenvalue weighted by Crippen LogP contribution is 2.24. The fraction of sp³-hybridized carbons (Fsp3) is 0.588. The molecule has 2 unspecified atom stereocenters. The topological polar surface area (TPSA) is 41.3 Å². The molecule has 4 nitrogen and oxygen atoms in total. The highest BCUT2D eigenvalue weighted by molar-refractivity contribution is 5.76. The molecule has 22 heavy (non-hydrogen) atoms.